The zero-order valence-corrected chi connectivity index (χ0v) is 10.8. The molecule has 0 N–H and O–H groups in total. The average molecular weight is 196 g/mol. The highest BCUT2D eigenvalue weighted by atomic mass is 14.2. The zero-order valence-electron chi connectivity index (χ0n) is 10.8. The molecule has 0 spiro atoms. The largest absolute Gasteiger partial charge is 0.0879 e. The summed E-state index contributed by atoms with van der Waals surface area (Å²) in [5.41, 5.74) is 1.70. The SMILES string of the molecule is CC=C(C(C)CCC)C(CC)CCC. The Morgan fingerprint density at radius 1 is 1.07 bits per heavy atom. The Hall–Kier alpha value is -0.260. The highest BCUT2D eigenvalue weighted by molar-refractivity contribution is 5.08. The average Bonchev–Trinajstić information content (AvgIpc) is 2.18. The van der Waals surface area contributed by atoms with E-state index in [1.165, 1.54) is 32.1 Å². The van der Waals surface area contributed by atoms with Gasteiger partial charge in [0.1, 0.15) is 0 Å². The van der Waals surface area contributed by atoms with Gasteiger partial charge in [-0.15, -0.1) is 0 Å². The number of rotatable bonds is 7. The van der Waals surface area contributed by atoms with Crippen LogP contribution < -0.4 is 0 Å². The van der Waals surface area contributed by atoms with Gasteiger partial charge in [0.25, 0.3) is 0 Å². The Kier molecular flexibility index (Phi) is 7.93. The fraction of sp³-hybridized carbons (Fsp3) is 0.857. The molecule has 0 heterocycles. The Morgan fingerprint density at radius 3 is 2.00 bits per heavy atom. The molecule has 0 aliphatic heterocycles. The van der Waals surface area contributed by atoms with Crippen LogP contribution in [0.4, 0.5) is 0 Å². The lowest BCUT2D eigenvalue weighted by Crippen LogP contribution is -2.10. The highest BCUT2D eigenvalue weighted by Crippen LogP contribution is 2.29. The first kappa shape index (κ1) is 13.7. The van der Waals surface area contributed by atoms with Crippen molar-refractivity contribution in [3.63, 3.8) is 0 Å². The van der Waals surface area contributed by atoms with Crippen LogP contribution in [0.25, 0.3) is 0 Å². The van der Waals surface area contributed by atoms with Crippen LogP contribution in [0.5, 0.6) is 0 Å². The van der Waals surface area contributed by atoms with Gasteiger partial charge < -0.3 is 0 Å². The van der Waals surface area contributed by atoms with Crippen molar-refractivity contribution < 1.29 is 0 Å². The number of hydrogen-bond acceptors (Lipinski definition) is 0. The monoisotopic (exact) mass is 196 g/mol. The van der Waals surface area contributed by atoms with Gasteiger partial charge in [0.05, 0.1) is 0 Å². The predicted octanol–water partition coefficient (Wildman–Crippen LogP) is 5.20. The van der Waals surface area contributed by atoms with Gasteiger partial charge in [0, 0.05) is 0 Å². The molecule has 0 saturated carbocycles. The van der Waals surface area contributed by atoms with Gasteiger partial charge in [0.15, 0.2) is 0 Å². The van der Waals surface area contributed by atoms with Crippen LogP contribution in [-0.4, -0.2) is 0 Å². The molecule has 0 bridgehead atoms. The van der Waals surface area contributed by atoms with E-state index in [2.05, 4.69) is 40.7 Å². The third kappa shape index (κ3) is 4.30. The maximum atomic E-state index is 2.39. The van der Waals surface area contributed by atoms with Gasteiger partial charge in [-0.1, -0.05) is 52.2 Å². The zero-order chi connectivity index (χ0) is 11.0. The van der Waals surface area contributed by atoms with Gasteiger partial charge in [-0.3, -0.25) is 0 Å². The van der Waals surface area contributed by atoms with Crippen LogP contribution in [0.2, 0.25) is 0 Å². The van der Waals surface area contributed by atoms with Crippen molar-refractivity contribution in [1.82, 2.24) is 0 Å². The second-order valence-corrected chi connectivity index (χ2v) is 4.37. The molecule has 0 nitrogen and oxygen atoms in total. The fourth-order valence-electron chi connectivity index (χ4n) is 2.48. The first-order valence-corrected chi connectivity index (χ1v) is 6.37. The molecule has 0 rings (SSSR count). The minimum Gasteiger partial charge on any atom is -0.0879 e. The first-order valence-electron chi connectivity index (χ1n) is 6.37. The smallest absolute Gasteiger partial charge is 0.0203 e. The molecule has 0 aromatic heterocycles. The van der Waals surface area contributed by atoms with Crippen molar-refractivity contribution in [1.29, 1.82) is 0 Å². The molecule has 0 amide bonds. The van der Waals surface area contributed by atoms with Crippen LogP contribution in [0, 0.1) is 11.8 Å². The minimum absolute atomic E-state index is 0.793. The Balaban J connectivity index is 4.35. The molecular formula is C14H28. The first-order chi connectivity index (χ1) is 6.71. The lowest BCUT2D eigenvalue weighted by Gasteiger charge is -2.23. The van der Waals surface area contributed by atoms with E-state index in [1.54, 1.807) is 5.57 Å². The van der Waals surface area contributed by atoms with Gasteiger partial charge >= 0.3 is 0 Å². The molecular weight excluding hydrogens is 168 g/mol. The summed E-state index contributed by atoms with van der Waals surface area (Å²) < 4.78 is 0. The minimum atomic E-state index is 0.793. The molecule has 0 heteroatoms. The quantitative estimate of drug-likeness (QED) is 0.491. The van der Waals surface area contributed by atoms with Crippen LogP contribution in [0.1, 0.15) is 66.7 Å². The highest BCUT2D eigenvalue weighted by Gasteiger charge is 2.15. The predicted molar refractivity (Wildman–Crippen MR) is 66.5 cm³/mol. The van der Waals surface area contributed by atoms with E-state index in [4.69, 9.17) is 0 Å². The summed E-state index contributed by atoms with van der Waals surface area (Å²) in [5.74, 6) is 1.63. The molecule has 0 aromatic carbocycles. The summed E-state index contributed by atoms with van der Waals surface area (Å²) in [6, 6.07) is 0. The van der Waals surface area contributed by atoms with Crippen LogP contribution in [-0.2, 0) is 0 Å². The fourth-order valence-corrected chi connectivity index (χ4v) is 2.48. The van der Waals surface area contributed by atoms with E-state index in [0.29, 0.717) is 0 Å². The summed E-state index contributed by atoms with van der Waals surface area (Å²) in [4.78, 5) is 0. The molecule has 0 saturated heterocycles. The summed E-state index contributed by atoms with van der Waals surface area (Å²) in [7, 11) is 0. The second kappa shape index (κ2) is 8.08. The van der Waals surface area contributed by atoms with E-state index < -0.39 is 0 Å². The summed E-state index contributed by atoms with van der Waals surface area (Å²) >= 11 is 0. The number of hydrogen-bond donors (Lipinski definition) is 0. The third-order valence-corrected chi connectivity index (χ3v) is 3.23. The number of allylic oxidation sites excluding steroid dienone is 2. The van der Waals surface area contributed by atoms with Crippen LogP contribution in [0.3, 0.4) is 0 Å². The Morgan fingerprint density at radius 2 is 1.64 bits per heavy atom. The molecule has 2 unspecified atom stereocenters. The van der Waals surface area contributed by atoms with Crippen LogP contribution >= 0.6 is 0 Å². The molecule has 0 aromatic rings. The van der Waals surface area contributed by atoms with E-state index in [9.17, 15) is 0 Å². The van der Waals surface area contributed by atoms with E-state index >= 15 is 0 Å². The Labute approximate surface area is 90.8 Å². The molecule has 14 heavy (non-hydrogen) atoms. The standard InChI is InChI=1S/C14H28/c1-6-10-12(5)14(9-4)13(8-3)11-7-2/h9,12-13H,6-8,10-11H2,1-5H3. The van der Waals surface area contributed by atoms with Crippen LogP contribution in [0.15, 0.2) is 11.6 Å². The van der Waals surface area contributed by atoms with Crippen molar-refractivity contribution in [3.05, 3.63) is 11.6 Å². The maximum absolute atomic E-state index is 2.39. The third-order valence-electron chi connectivity index (χ3n) is 3.23. The summed E-state index contributed by atoms with van der Waals surface area (Å²) in [6.45, 7) is 11.5. The van der Waals surface area contributed by atoms with Crippen molar-refractivity contribution in [3.8, 4) is 0 Å². The summed E-state index contributed by atoms with van der Waals surface area (Å²) in [5, 5.41) is 0. The van der Waals surface area contributed by atoms with Crippen molar-refractivity contribution >= 4 is 0 Å². The summed E-state index contributed by atoms with van der Waals surface area (Å²) in [6.07, 6.45) is 9.01. The topological polar surface area (TPSA) is 0 Å². The lowest BCUT2D eigenvalue weighted by atomic mass is 9.82. The molecule has 0 aliphatic rings. The van der Waals surface area contributed by atoms with Gasteiger partial charge in [0.2, 0.25) is 0 Å². The molecule has 2 atom stereocenters. The second-order valence-electron chi connectivity index (χ2n) is 4.37. The van der Waals surface area contributed by atoms with E-state index in [0.717, 1.165) is 11.8 Å². The van der Waals surface area contributed by atoms with Crippen molar-refractivity contribution in [2.45, 2.75) is 66.7 Å². The Bertz CT molecular complexity index is 155. The van der Waals surface area contributed by atoms with E-state index in [1.807, 2.05) is 0 Å². The van der Waals surface area contributed by atoms with Gasteiger partial charge in [-0.25, -0.2) is 0 Å². The molecule has 0 radical (unpaired) electrons. The molecule has 0 fully saturated rings. The molecule has 0 aliphatic carbocycles. The van der Waals surface area contributed by atoms with E-state index in [-0.39, 0.29) is 0 Å². The molecule has 84 valence electrons. The maximum Gasteiger partial charge on any atom is -0.0203 e. The van der Waals surface area contributed by atoms with Crippen molar-refractivity contribution in [2.24, 2.45) is 11.8 Å². The van der Waals surface area contributed by atoms with Crippen molar-refractivity contribution in [2.75, 3.05) is 0 Å². The van der Waals surface area contributed by atoms with Gasteiger partial charge in [-0.05, 0) is 38.0 Å². The normalized spacial score (nSPS) is 16.8. The lowest BCUT2D eigenvalue weighted by molar-refractivity contribution is 0.454. The van der Waals surface area contributed by atoms with Gasteiger partial charge in [-0.2, -0.15) is 0 Å².